The van der Waals surface area contributed by atoms with Crippen molar-refractivity contribution in [1.29, 1.82) is 0 Å². The summed E-state index contributed by atoms with van der Waals surface area (Å²) in [6.07, 6.45) is 3.51. The van der Waals surface area contributed by atoms with Gasteiger partial charge in [-0.3, -0.25) is 9.69 Å². The van der Waals surface area contributed by atoms with Crippen LogP contribution in [-0.4, -0.2) is 59.1 Å². The molecule has 98 valence electrons. The molecule has 0 radical (unpaired) electrons. The van der Waals surface area contributed by atoms with Gasteiger partial charge in [-0.05, 0) is 33.1 Å². The molecule has 0 aliphatic carbocycles. The Balaban J connectivity index is 1.82. The first kappa shape index (κ1) is 12.8. The second-order valence-electron chi connectivity index (χ2n) is 5.67. The van der Waals surface area contributed by atoms with Crippen molar-refractivity contribution >= 4 is 5.91 Å². The van der Waals surface area contributed by atoms with Gasteiger partial charge in [-0.2, -0.15) is 0 Å². The van der Waals surface area contributed by atoms with E-state index in [1.54, 1.807) is 0 Å². The van der Waals surface area contributed by atoms with Crippen molar-refractivity contribution in [3.05, 3.63) is 0 Å². The van der Waals surface area contributed by atoms with Gasteiger partial charge in [-0.15, -0.1) is 0 Å². The highest BCUT2D eigenvalue weighted by Crippen LogP contribution is 2.23. The van der Waals surface area contributed by atoms with Crippen LogP contribution < -0.4 is 0 Å². The maximum absolute atomic E-state index is 12.2. The summed E-state index contributed by atoms with van der Waals surface area (Å²) in [5.74, 6) is 0.653. The van der Waals surface area contributed by atoms with Crippen LogP contribution in [0.5, 0.6) is 0 Å². The molecule has 2 saturated heterocycles. The van der Waals surface area contributed by atoms with Crippen LogP contribution in [0.1, 0.15) is 33.1 Å². The molecule has 0 aromatic rings. The minimum absolute atomic E-state index is 0.251. The van der Waals surface area contributed by atoms with Crippen molar-refractivity contribution in [1.82, 2.24) is 9.80 Å². The Bertz CT molecular complexity index is 267. The van der Waals surface area contributed by atoms with Gasteiger partial charge in [0.2, 0.25) is 5.91 Å². The Kier molecular flexibility index (Phi) is 4.05. The Labute approximate surface area is 104 Å². The molecule has 0 bridgehead atoms. The first-order valence-corrected chi connectivity index (χ1v) is 6.76. The molecule has 2 rings (SSSR count). The van der Waals surface area contributed by atoms with Crippen LogP contribution in [0.15, 0.2) is 0 Å². The van der Waals surface area contributed by atoms with E-state index >= 15 is 0 Å². The minimum Gasteiger partial charge on any atom is -0.396 e. The molecule has 2 unspecified atom stereocenters. The molecule has 4 nitrogen and oxygen atoms in total. The molecule has 0 saturated carbocycles. The highest BCUT2D eigenvalue weighted by Gasteiger charge is 2.33. The predicted octanol–water partition coefficient (Wildman–Crippen LogP) is 0.700. The number of piperidine rings is 1. The van der Waals surface area contributed by atoms with Crippen molar-refractivity contribution in [2.75, 3.05) is 26.2 Å². The van der Waals surface area contributed by atoms with Crippen LogP contribution in [-0.2, 0) is 4.79 Å². The Morgan fingerprint density at radius 2 is 1.82 bits per heavy atom. The van der Waals surface area contributed by atoms with Gasteiger partial charge in [0.25, 0.3) is 0 Å². The SMILES string of the molecule is CC1CCCC(C)N1C(=O)CN1CC(CO)C1. The van der Waals surface area contributed by atoms with Crippen molar-refractivity contribution in [2.45, 2.75) is 45.2 Å². The van der Waals surface area contributed by atoms with Crippen LogP contribution in [0.25, 0.3) is 0 Å². The summed E-state index contributed by atoms with van der Waals surface area (Å²) in [5, 5.41) is 8.95. The number of hydrogen-bond donors (Lipinski definition) is 1. The van der Waals surface area contributed by atoms with E-state index in [1.165, 1.54) is 6.42 Å². The van der Waals surface area contributed by atoms with E-state index in [1.807, 2.05) is 0 Å². The molecule has 4 heteroatoms. The van der Waals surface area contributed by atoms with E-state index in [9.17, 15) is 4.79 Å². The Hall–Kier alpha value is -0.610. The van der Waals surface area contributed by atoms with E-state index in [-0.39, 0.29) is 12.5 Å². The lowest BCUT2D eigenvalue weighted by Gasteiger charge is -2.43. The molecule has 2 atom stereocenters. The van der Waals surface area contributed by atoms with E-state index in [0.29, 0.717) is 24.5 Å². The average Bonchev–Trinajstić information content (AvgIpc) is 2.22. The second-order valence-corrected chi connectivity index (χ2v) is 5.67. The smallest absolute Gasteiger partial charge is 0.237 e. The summed E-state index contributed by atoms with van der Waals surface area (Å²) >= 11 is 0. The van der Waals surface area contributed by atoms with Crippen LogP contribution in [0.2, 0.25) is 0 Å². The zero-order valence-corrected chi connectivity index (χ0v) is 10.9. The van der Waals surface area contributed by atoms with Crippen LogP contribution in [0, 0.1) is 5.92 Å². The van der Waals surface area contributed by atoms with Gasteiger partial charge < -0.3 is 10.0 Å². The fourth-order valence-electron chi connectivity index (χ4n) is 3.11. The lowest BCUT2D eigenvalue weighted by atomic mass is 9.96. The van der Waals surface area contributed by atoms with Gasteiger partial charge in [0.15, 0.2) is 0 Å². The lowest BCUT2D eigenvalue weighted by Crippen LogP contribution is -2.56. The molecule has 1 amide bonds. The highest BCUT2D eigenvalue weighted by molar-refractivity contribution is 5.79. The molecule has 0 aromatic heterocycles. The third-order valence-corrected chi connectivity index (χ3v) is 4.13. The fourth-order valence-corrected chi connectivity index (χ4v) is 3.11. The average molecular weight is 240 g/mol. The number of nitrogens with zero attached hydrogens (tertiary/aromatic N) is 2. The summed E-state index contributed by atoms with van der Waals surface area (Å²) in [4.78, 5) is 16.4. The van der Waals surface area contributed by atoms with E-state index < -0.39 is 0 Å². The van der Waals surface area contributed by atoms with Gasteiger partial charge in [-0.25, -0.2) is 0 Å². The number of hydrogen-bond acceptors (Lipinski definition) is 3. The number of carbonyl (C=O) groups excluding carboxylic acids is 1. The second kappa shape index (κ2) is 5.36. The summed E-state index contributed by atoms with van der Waals surface area (Å²) in [7, 11) is 0. The molecule has 0 aromatic carbocycles. The predicted molar refractivity (Wildman–Crippen MR) is 66.6 cm³/mol. The number of carbonyl (C=O) groups is 1. The maximum atomic E-state index is 12.2. The van der Waals surface area contributed by atoms with Crippen LogP contribution in [0.4, 0.5) is 0 Å². The largest absolute Gasteiger partial charge is 0.396 e. The standard InChI is InChI=1S/C13H24N2O2/c1-10-4-3-5-11(2)15(10)13(17)8-14-6-12(7-14)9-16/h10-12,16H,3-9H2,1-2H3. The fraction of sp³-hybridized carbons (Fsp3) is 0.923. The van der Waals surface area contributed by atoms with Crippen molar-refractivity contribution in [3.8, 4) is 0 Å². The normalized spacial score (nSPS) is 31.4. The zero-order chi connectivity index (χ0) is 12.4. The van der Waals surface area contributed by atoms with Gasteiger partial charge in [-0.1, -0.05) is 0 Å². The zero-order valence-electron chi connectivity index (χ0n) is 10.9. The van der Waals surface area contributed by atoms with Crippen molar-refractivity contribution in [2.24, 2.45) is 5.92 Å². The van der Waals surface area contributed by atoms with Crippen LogP contribution >= 0.6 is 0 Å². The molecule has 2 aliphatic heterocycles. The Morgan fingerprint density at radius 1 is 1.24 bits per heavy atom. The quantitative estimate of drug-likeness (QED) is 0.790. The molecule has 1 N–H and O–H groups in total. The minimum atomic E-state index is 0.251. The summed E-state index contributed by atoms with van der Waals surface area (Å²) in [6.45, 7) is 6.84. The van der Waals surface area contributed by atoms with E-state index in [0.717, 1.165) is 25.9 Å². The number of likely N-dealkylation sites (tertiary alicyclic amines) is 2. The van der Waals surface area contributed by atoms with E-state index in [4.69, 9.17) is 5.11 Å². The number of amides is 1. The maximum Gasteiger partial charge on any atom is 0.237 e. The topological polar surface area (TPSA) is 43.8 Å². The molecular weight excluding hydrogens is 216 g/mol. The summed E-state index contributed by atoms with van der Waals surface area (Å²) in [6, 6.07) is 0.780. The third-order valence-electron chi connectivity index (χ3n) is 4.13. The number of rotatable bonds is 3. The van der Waals surface area contributed by atoms with Crippen LogP contribution in [0.3, 0.4) is 0 Å². The molecule has 0 spiro atoms. The molecule has 17 heavy (non-hydrogen) atoms. The third kappa shape index (κ3) is 2.80. The summed E-state index contributed by atoms with van der Waals surface area (Å²) < 4.78 is 0. The molecule has 2 heterocycles. The first-order valence-electron chi connectivity index (χ1n) is 6.76. The molecular formula is C13H24N2O2. The molecule has 2 aliphatic rings. The number of aliphatic hydroxyl groups excluding tert-OH is 1. The van der Waals surface area contributed by atoms with Gasteiger partial charge in [0.1, 0.15) is 0 Å². The summed E-state index contributed by atoms with van der Waals surface area (Å²) in [5.41, 5.74) is 0. The van der Waals surface area contributed by atoms with E-state index in [2.05, 4.69) is 23.6 Å². The highest BCUT2D eigenvalue weighted by atomic mass is 16.3. The van der Waals surface area contributed by atoms with Crippen molar-refractivity contribution < 1.29 is 9.90 Å². The van der Waals surface area contributed by atoms with Crippen molar-refractivity contribution in [3.63, 3.8) is 0 Å². The van der Waals surface area contributed by atoms with Gasteiger partial charge in [0, 0.05) is 37.7 Å². The lowest BCUT2D eigenvalue weighted by molar-refractivity contribution is -0.140. The molecule has 2 fully saturated rings. The van der Waals surface area contributed by atoms with Gasteiger partial charge in [0.05, 0.1) is 6.54 Å². The Morgan fingerprint density at radius 3 is 2.35 bits per heavy atom. The van der Waals surface area contributed by atoms with Gasteiger partial charge >= 0.3 is 0 Å². The number of aliphatic hydroxyl groups is 1. The monoisotopic (exact) mass is 240 g/mol. The first-order chi connectivity index (χ1) is 8.11.